The van der Waals surface area contributed by atoms with Crippen LogP contribution in [0.15, 0.2) is 53.4 Å². The van der Waals surface area contributed by atoms with Gasteiger partial charge in [0.2, 0.25) is 5.88 Å². The van der Waals surface area contributed by atoms with Crippen molar-refractivity contribution in [3.05, 3.63) is 65.4 Å². The number of aromatic hydroxyl groups is 1. The number of imidazole rings is 1. The molecule has 1 aliphatic rings. The van der Waals surface area contributed by atoms with Crippen molar-refractivity contribution in [3.8, 4) is 5.88 Å². The largest absolute Gasteiger partial charge is 0.493 e. The maximum Gasteiger partial charge on any atom is 0.277 e. The van der Waals surface area contributed by atoms with Crippen LogP contribution < -0.4 is 4.90 Å². The van der Waals surface area contributed by atoms with Gasteiger partial charge in [-0.15, -0.1) is 0 Å². The second kappa shape index (κ2) is 8.66. The maximum absolute atomic E-state index is 12.7. The fourth-order valence-corrected chi connectivity index (χ4v) is 3.61. The van der Waals surface area contributed by atoms with Crippen molar-refractivity contribution in [1.82, 2.24) is 19.3 Å². The minimum absolute atomic E-state index is 0.0831. The number of anilines is 1. The van der Waals surface area contributed by atoms with Gasteiger partial charge in [-0.3, -0.25) is 19.1 Å². The van der Waals surface area contributed by atoms with Gasteiger partial charge in [0.1, 0.15) is 17.2 Å². The van der Waals surface area contributed by atoms with Crippen LogP contribution in [0.5, 0.6) is 5.88 Å². The topological polar surface area (TPSA) is 86.3 Å². The number of aliphatic imine (C=N–C) groups is 1. The van der Waals surface area contributed by atoms with E-state index in [4.69, 9.17) is 0 Å². The molecule has 0 atom stereocenters. The molecule has 1 aromatic carbocycles. The number of aryl methyl sites for hydroxylation is 1. The molecule has 2 aromatic heterocycles. The van der Waals surface area contributed by atoms with Crippen LogP contribution in [-0.4, -0.2) is 56.3 Å². The molecule has 8 heteroatoms. The van der Waals surface area contributed by atoms with Crippen LogP contribution in [0.2, 0.25) is 0 Å². The van der Waals surface area contributed by atoms with E-state index >= 15 is 0 Å². The van der Waals surface area contributed by atoms with Gasteiger partial charge < -0.3 is 10.0 Å². The highest BCUT2D eigenvalue weighted by Gasteiger charge is 2.25. The summed E-state index contributed by atoms with van der Waals surface area (Å²) in [6.07, 6.45) is 8.55. The van der Waals surface area contributed by atoms with Crippen LogP contribution in [0, 0.1) is 6.92 Å². The molecular formula is C24H26N6O2. The first-order valence-corrected chi connectivity index (χ1v) is 10.6. The van der Waals surface area contributed by atoms with Gasteiger partial charge in [-0.1, -0.05) is 12.1 Å². The van der Waals surface area contributed by atoms with E-state index < -0.39 is 0 Å². The van der Waals surface area contributed by atoms with Crippen molar-refractivity contribution >= 4 is 35.2 Å². The Kier molecular flexibility index (Phi) is 5.77. The van der Waals surface area contributed by atoms with Gasteiger partial charge in [-0.05, 0) is 56.7 Å². The Bertz CT molecular complexity index is 1250. The lowest BCUT2D eigenvalue weighted by molar-refractivity contribution is -0.121. The number of likely N-dealkylation sites (N-methyl/N-ethyl adjacent to an activating group) is 1. The predicted molar refractivity (Wildman–Crippen MR) is 127 cm³/mol. The standard InChI is InChI=1S/C24H26N6O2/c1-5-29(6-2)19-10-7-17(8-11-19)13-20-24(32)28(4)21(27-20)12-9-18-15-30-22(14-25-18)26-16(3)23(30)31/h7-15,31H,5-6H2,1-4H3/b12-9+,20-13-. The van der Waals surface area contributed by atoms with Gasteiger partial charge in [0.15, 0.2) is 5.65 Å². The summed E-state index contributed by atoms with van der Waals surface area (Å²) in [7, 11) is 1.69. The fraction of sp³-hybridized carbons (Fsp3) is 0.250. The van der Waals surface area contributed by atoms with E-state index in [1.807, 2.05) is 12.1 Å². The van der Waals surface area contributed by atoms with E-state index in [1.165, 1.54) is 4.90 Å². The lowest BCUT2D eigenvalue weighted by atomic mass is 10.1. The van der Waals surface area contributed by atoms with Crippen molar-refractivity contribution in [2.45, 2.75) is 20.8 Å². The van der Waals surface area contributed by atoms with Gasteiger partial charge in [-0.25, -0.2) is 9.98 Å². The average molecular weight is 431 g/mol. The van der Waals surface area contributed by atoms with Crippen molar-refractivity contribution in [3.63, 3.8) is 0 Å². The summed E-state index contributed by atoms with van der Waals surface area (Å²) in [5, 5.41) is 10.1. The second-order valence-electron chi connectivity index (χ2n) is 7.52. The van der Waals surface area contributed by atoms with E-state index in [0.29, 0.717) is 28.6 Å². The highest BCUT2D eigenvalue weighted by Crippen LogP contribution is 2.21. The quantitative estimate of drug-likeness (QED) is 0.605. The summed E-state index contributed by atoms with van der Waals surface area (Å²) in [6, 6.07) is 8.11. The SMILES string of the molecule is CCN(CC)c1ccc(/C=C2N=C(/C=C/c3cn4c(O)c(C)nc4cn3)N(C)C\2=O)cc1. The molecule has 0 unspecified atom stereocenters. The van der Waals surface area contributed by atoms with Crippen LogP contribution >= 0.6 is 0 Å². The van der Waals surface area contributed by atoms with Gasteiger partial charge in [-0.2, -0.15) is 0 Å². The minimum Gasteiger partial charge on any atom is -0.493 e. The Morgan fingerprint density at radius 1 is 1.12 bits per heavy atom. The molecule has 0 spiro atoms. The Balaban J connectivity index is 1.56. The van der Waals surface area contributed by atoms with Crippen LogP contribution in [0.3, 0.4) is 0 Å². The number of rotatable bonds is 6. The fourth-order valence-electron chi connectivity index (χ4n) is 3.61. The molecule has 1 amide bonds. The van der Waals surface area contributed by atoms with Crippen LogP contribution in [0.25, 0.3) is 17.8 Å². The Labute approximate surface area is 186 Å². The molecule has 0 saturated heterocycles. The number of amides is 1. The molecule has 8 nitrogen and oxygen atoms in total. The van der Waals surface area contributed by atoms with E-state index in [-0.39, 0.29) is 11.8 Å². The number of aromatic nitrogens is 3. The minimum atomic E-state index is -0.163. The van der Waals surface area contributed by atoms with E-state index in [2.05, 4.69) is 45.8 Å². The smallest absolute Gasteiger partial charge is 0.277 e. The number of carbonyl (C=O) groups excluding carboxylic acids is 1. The average Bonchev–Trinajstić information content (AvgIpc) is 3.24. The summed E-state index contributed by atoms with van der Waals surface area (Å²) in [5.41, 5.74) is 4.18. The summed E-state index contributed by atoms with van der Waals surface area (Å²) in [5.74, 6) is 0.442. The number of fused-ring (bicyclic) bond motifs is 1. The van der Waals surface area contributed by atoms with Crippen LogP contribution in [0.1, 0.15) is 30.8 Å². The molecular weight excluding hydrogens is 404 g/mol. The van der Waals surface area contributed by atoms with Crippen molar-refractivity contribution in [2.24, 2.45) is 4.99 Å². The van der Waals surface area contributed by atoms with Crippen molar-refractivity contribution < 1.29 is 9.90 Å². The lowest BCUT2D eigenvalue weighted by Crippen LogP contribution is -2.26. The second-order valence-corrected chi connectivity index (χ2v) is 7.52. The number of hydrogen-bond acceptors (Lipinski definition) is 6. The van der Waals surface area contributed by atoms with E-state index in [1.54, 1.807) is 49.0 Å². The number of hydrogen-bond donors (Lipinski definition) is 1. The Morgan fingerprint density at radius 3 is 2.53 bits per heavy atom. The Morgan fingerprint density at radius 2 is 1.84 bits per heavy atom. The zero-order chi connectivity index (χ0) is 22.8. The van der Waals surface area contributed by atoms with Gasteiger partial charge >= 0.3 is 0 Å². The first kappa shape index (κ1) is 21.3. The number of nitrogens with zero attached hydrogens (tertiary/aromatic N) is 6. The molecule has 0 radical (unpaired) electrons. The molecule has 164 valence electrons. The van der Waals surface area contributed by atoms with Crippen LogP contribution in [0.4, 0.5) is 5.69 Å². The highest BCUT2D eigenvalue weighted by atomic mass is 16.3. The summed E-state index contributed by atoms with van der Waals surface area (Å²) in [6.45, 7) is 7.88. The predicted octanol–water partition coefficient (Wildman–Crippen LogP) is 3.51. The third-order valence-corrected chi connectivity index (χ3v) is 5.50. The molecule has 0 bridgehead atoms. The molecule has 3 aromatic rings. The third kappa shape index (κ3) is 3.99. The summed E-state index contributed by atoms with van der Waals surface area (Å²) < 4.78 is 1.57. The van der Waals surface area contributed by atoms with Crippen LogP contribution in [-0.2, 0) is 4.79 Å². The van der Waals surface area contributed by atoms with Gasteiger partial charge in [0.05, 0.1) is 11.9 Å². The molecule has 32 heavy (non-hydrogen) atoms. The summed E-state index contributed by atoms with van der Waals surface area (Å²) >= 11 is 0. The molecule has 0 aliphatic carbocycles. The number of carbonyl (C=O) groups is 1. The van der Waals surface area contributed by atoms with Gasteiger partial charge in [0.25, 0.3) is 5.91 Å². The summed E-state index contributed by atoms with van der Waals surface area (Å²) in [4.78, 5) is 29.5. The highest BCUT2D eigenvalue weighted by molar-refractivity contribution is 6.18. The zero-order valence-electron chi connectivity index (χ0n) is 18.6. The first-order chi connectivity index (χ1) is 15.4. The third-order valence-electron chi connectivity index (χ3n) is 5.50. The van der Waals surface area contributed by atoms with E-state index in [0.717, 1.165) is 24.3 Å². The maximum atomic E-state index is 12.7. The molecule has 3 heterocycles. The Hall–Kier alpha value is -3.94. The molecule has 1 aliphatic heterocycles. The first-order valence-electron chi connectivity index (χ1n) is 10.6. The monoisotopic (exact) mass is 430 g/mol. The normalized spacial score (nSPS) is 15.4. The van der Waals surface area contributed by atoms with Gasteiger partial charge in [0, 0.05) is 32.0 Å². The number of benzene rings is 1. The molecule has 4 rings (SSSR count). The molecule has 0 saturated carbocycles. The molecule has 0 fully saturated rings. The van der Waals surface area contributed by atoms with Crippen molar-refractivity contribution in [1.29, 1.82) is 0 Å². The van der Waals surface area contributed by atoms with Crippen molar-refractivity contribution in [2.75, 3.05) is 25.0 Å². The zero-order valence-corrected chi connectivity index (χ0v) is 18.6. The van der Waals surface area contributed by atoms with E-state index in [9.17, 15) is 9.90 Å². The number of amidine groups is 1. The lowest BCUT2D eigenvalue weighted by Gasteiger charge is -2.20. The molecule has 1 N–H and O–H groups in total.